The van der Waals surface area contributed by atoms with Gasteiger partial charge in [0.25, 0.3) is 0 Å². The molecule has 17 heavy (non-hydrogen) atoms. The summed E-state index contributed by atoms with van der Waals surface area (Å²) in [5, 5.41) is 9.91. The molecule has 0 aromatic rings. The largest absolute Gasteiger partial charge is 0.460 e. The second kappa shape index (κ2) is 6.33. The van der Waals surface area contributed by atoms with E-state index in [-0.39, 0.29) is 12.1 Å². The number of aliphatic hydroxyl groups excluding tert-OH is 1. The maximum atomic E-state index is 11.2. The minimum atomic E-state index is -0.490. The smallest absolute Gasteiger partial charge is 0.311 e. The highest BCUT2D eigenvalue weighted by Crippen LogP contribution is 2.11. The normalized spacial score (nSPS) is 27.7. The number of ether oxygens (including phenoxy) is 2. The van der Waals surface area contributed by atoms with Crippen LogP contribution in [0.25, 0.3) is 0 Å². The SMILES string of the molecule is CC(C)OCC(O)C[N+]1(C)CCOC(=O)CC1. The molecule has 1 fully saturated rings. The van der Waals surface area contributed by atoms with Gasteiger partial charge in [-0.2, -0.15) is 0 Å². The van der Waals surface area contributed by atoms with E-state index in [0.717, 1.165) is 13.1 Å². The molecule has 1 rings (SSSR count). The summed E-state index contributed by atoms with van der Waals surface area (Å²) in [5.74, 6) is -0.139. The van der Waals surface area contributed by atoms with E-state index in [9.17, 15) is 9.90 Å². The molecule has 0 aliphatic carbocycles. The van der Waals surface area contributed by atoms with Crippen molar-refractivity contribution in [3.63, 3.8) is 0 Å². The summed E-state index contributed by atoms with van der Waals surface area (Å²) in [6.07, 6.45) is 0.0634. The van der Waals surface area contributed by atoms with Gasteiger partial charge < -0.3 is 19.1 Å². The Morgan fingerprint density at radius 2 is 2.18 bits per heavy atom. The molecule has 0 amide bonds. The second-order valence-corrected chi connectivity index (χ2v) is 5.26. The first-order valence-corrected chi connectivity index (χ1v) is 6.20. The van der Waals surface area contributed by atoms with Crippen molar-refractivity contribution in [1.82, 2.24) is 0 Å². The number of carbonyl (C=O) groups is 1. The summed E-state index contributed by atoms with van der Waals surface area (Å²) in [5.41, 5.74) is 0. The fraction of sp³-hybridized carbons (Fsp3) is 0.917. The van der Waals surface area contributed by atoms with E-state index < -0.39 is 6.10 Å². The monoisotopic (exact) mass is 246 g/mol. The Bertz CT molecular complexity index is 257. The van der Waals surface area contributed by atoms with Gasteiger partial charge in [0, 0.05) is 0 Å². The highest BCUT2D eigenvalue weighted by Gasteiger charge is 2.29. The molecule has 0 saturated carbocycles. The number of nitrogens with zero attached hydrogens (tertiary/aromatic N) is 1. The molecule has 5 nitrogen and oxygen atoms in total. The van der Waals surface area contributed by atoms with Gasteiger partial charge in [0.2, 0.25) is 0 Å². The van der Waals surface area contributed by atoms with Crippen LogP contribution in [-0.4, -0.2) is 67.7 Å². The van der Waals surface area contributed by atoms with Crippen molar-refractivity contribution in [2.75, 3.05) is 39.9 Å². The maximum absolute atomic E-state index is 11.2. The van der Waals surface area contributed by atoms with Gasteiger partial charge >= 0.3 is 5.97 Å². The minimum absolute atomic E-state index is 0.129. The van der Waals surface area contributed by atoms with Crippen molar-refractivity contribution < 1.29 is 23.9 Å². The molecular weight excluding hydrogens is 222 g/mol. The van der Waals surface area contributed by atoms with E-state index >= 15 is 0 Å². The van der Waals surface area contributed by atoms with E-state index in [0.29, 0.717) is 30.7 Å². The fourth-order valence-corrected chi connectivity index (χ4v) is 1.97. The summed E-state index contributed by atoms with van der Waals surface area (Å²) < 4.78 is 11.1. The van der Waals surface area contributed by atoms with Gasteiger partial charge in [-0.15, -0.1) is 0 Å². The van der Waals surface area contributed by atoms with Gasteiger partial charge in [0.15, 0.2) is 0 Å². The molecule has 1 saturated heterocycles. The Morgan fingerprint density at radius 3 is 2.82 bits per heavy atom. The summed E-state index contributed by atoms with van der Waals surface area (Å²) in [6, 6.07) is 0. The lowest BCUT2D eigenvalue weighted by molar-refractivity contribution is -0.910. The third kappa shape index (κ3) is 5.48. The first-order valence-electron chi connectivity index (χ1n) is 6.20. The zero-order chi connectivity index (χ0) is 12.9. The first kappa shape index (κ1) is 14.4. The standard InChI is InChI=1S/C12H24NO4/c1-10(2)17-9-11(14)8-13(3)5-4-12(15)16-7-6-13/h10-11,14H,4-9H2,1-3H3/q+1. The molecule has 1 aliphatic heterocycles. The van der Waals surface area contributed by atoms with Crippen molar-refractivity contribution in [2.24, 2.45) is 0 Å². The van der Waals surface area contributed by atoms with Crippen LogP contribution in [-0.2, 0) is 14.3 Å². The number of likely N-dealkylation sites (N-methyl/N-ethyl adjacent to an activating group) is 1. The number of hydrogen-bond acceptors (Lipinski definition) is 4. The molecule has 2 atom stereocenters. The Balaban J connectivity index is 2.39. The summed E-state index contributed by atoms with van der Waals surface area (Å²) in [4.78, 5) is 11.2. The van der Waals surface area contributed by atoms with Crippen molar-refractivity contribution in [2.45, 2.75) is 32.5 Å². The van der Waals surface area contributed by atoms with Crippen LogP contribution in [0.3, 0.4) is 0 Å². The summed E-state index contributed by atoms with van der Waals surface area (Å²) >= 11 is 0. The topological polar surface area (TPSA) is 55.8 Å². The van der Waals surface area contributed by atoms with Crippen molar-refractivity contribution >= 4 is 5.97 Å². The highest BCUT2D eigenvalue weighted by atomic mass is 16.5. The molecular formula is C12H24NO4+. The quantitative estimate of drug-likeness (QED) is 0.555. The second-order valence-electron chi connectivity index (χ2n) is 5.26. The van der Waals surface area contributed by atoms with Crippen LogP contribution in [0.5, 0.6) is 0 Å². The fourth-order valence-electron chi connectivity index (χ4n) is 1.97. The molecule has 0 aromatic carbocycles. The number of aliphatic hydroxyl groups is 1. The average molecular weight is 246 g/mol. The number of hydrogen-bond donors (Lipinski definition) is 1. The molecule has 0 spiro atoms. The molecule has 0 bridgehead atoms. The molecule has 1 heterocycles. The van der Waals surface area contributed by atoms with E-state index in [2.05, 4.69) is 0 Å². The predicted octanol–water partition coefficient (Wildman–Crippen LogP) is 0.166. The van der Waals surface area contributed by atoms with Crippen LogP contribution in [0.4, 0.5) is 0 Å². The predicted molar refractivity (Wildman–Crippen MR) is 63.5 cm³/mol. The molecule has 5 heteroatoms. The third-order valence-electron chi connectivity index (χ3n) is 3.02. The van der Waals surface area contributed by atoms with Gasteiger partial charge in [-0.05, 0) is 13.8 Å². The Morgan fingerprint density at radius 1 is 1.47 bits per heavy atom. The molecule has 2 unspecified atom stereocenters. The molecule has 0 radical (unpaired) electrons. The Labute approximate surface area is 103 Å². The maximum Gasteiger partial charge on any atom is 0.311 e. The van der Waals surface area contributed by atoms with Crippen molar-refractivity contribution in [3.8, 4) is 0 Å². The van der Waals surface area contributed by atoms with Gasteiger partial charge in [-0.1, -0.05) is 0 Å². The van der Waals surface area contributed by atoms with Crippen LogP contribution in [0.15, 0.2) is 0 Å². The van der Waals surface area contributed by atoms with Gasteiger partial charge in [0.1, 0.15) is 25.8 Å². The van der Waals surface area contributed by atoms with Crippen LogP contribution >= 0.6 is 0 Å². The van der Waals surface area contributed by atoms with E-state index in [1.165, 1.54) is 0 Å². The molecule has 100 valence electrons. The molecule has 0 aromatic heterocycles. The molecule has 1 aliphatic rings. The Kier molecular flexibility index (Phi) is 5.36. The van der Waals surface area contributed by atoms with E-state index in [1.807, 2.05) is 20.9 Å². The average Bonchev–Trinajstić information content (AvgIpc) is 2.38. The lowest BCUT2D eigenvalue weighted by Crippen LogP contribution is -2.51. The number of esters is 1. The first-order chi connectivity index (χ1) is 7.91. The van der Waals surface area contributed by atoms with E-state index in [4.69, 9.17) is 9.47 Å². The Hall–Kier alpha value is -0.650. The number of cyclic esters (lactones) is 1. The number of quaternary nitrogens is 1. The number of rotatable bonds is 5. The summed E-state index contributed by atoms with van der Waals surface area (Å²) in [6.45, 7) is 6.75. The van der Waals surface area contributed by atoms with Gasteiger partial charge in [-0.3, -0.25) is 4.79 Å². The van der Waals surface area contributed by atoms with Crippen LogP contribution in [0.1, 0.15) is 20.3 Å². The summed E-state index contributed by atoms with van der Waals surface area (Å²) in [7, 11) is 2.04. The van der Waals surface area contributed by atoms with Gasteiger partial charge in [0.05, 0.1) is 32.7 Å². The molecule has 1 N–H and O–H groups in total. The van der Waals surface area contributed by atoms with Crippen LogP contribution in [0.2, 0.25) is 0 Å². The van der Waals surface area contributed by atoms with Crippen molar-refractivity contribution in [3.05, 3.63) is 0 Å². The zero-order valence-electron chi connectivity index (χ0n) is 11.0. The van der Waals surface area contributed by atoms with Crippen molar-refractivity contribution in [1.29, 1.82) is 0 Å². The van der Waals surface area contributed by atoms with E-state index in [1.54, 1.807) is 0 Å². The van der Waals surface area contributed by atoms with Gasteiger partial charge in [-0.25, -0.2) is 0 Å². The van der Waals surface area contributed by atoms with Crippen LogP contribution in [0, 0.1) is 0 Å². The lowest BCUT2D eigenvalue weighted by atomic mass is 10.2. The third-order valence-corrected chi connectivity index (χ3v) is 3.02. The van der Waals surface area contributed by atoms with Crippen LogP contribution < -0.4 is 0 Å². The minimum Gasteiger partial charge on any atom is -0.460 e. The highest BCUT2D eigenvalue weighted by molar-refractivity contribution is 5.69. The number of carbonyl (C=O) groups excluding carboxylic acids is 1. The zero-order valence-corrected chi connectivity index (χ0v) is 11.0. The lowest BCUT2D eigenvalue weighted by Gasteiger charge is -2.34.